The van der Waals surface area contributed by atoms with Gasteiger partial charge in [-0.05, 0) is 25.1 Å². The zero-order chi connectivity index (χ0) is 24.2. The molecular weight excluding hydrogens is 450 g/mol. The molecule has 1 amide bonds. The molecule has 4 rings (SSSR count). The Morgan fingerprint density at radius 2 is 1.82 bits per heavy atom. The Bertz CT molecular complexity index is 1060. The first-order chi connectivity index (χ1) is 16.3. The van der Waals surface area contributed by atoms with Gasteiger partial charge in [-0.15, -0.1) is 0 Å². The second kappa shape index (κ2) is 10.2. The first-order valence-corrected chi connectivity index (χ1v) is 11.1. The predicted octanol–water partition coefficient (Wildman–Crippen LogP) is 2.83. The van der Waals surface area contributed by atoms with E-state index < -0.39 is 16.6 Å². The lowest BCUT2D eigenvalue weighted by Crippen LogP contribution is -2.55. The number of nitro groups is 1. The van der Waals surface area contributed by atoms with Crippen LogP contribution in [0.15, 0.2) is 36.4 Å². The van der Waals surface area contributed by atoms with E-state index in [4.69, 9.17) is 9.47 Å². The Labute approximate surface area is 195 Å². The number of piperazine rings is 1. The zero-order valence-corrected chi connectivity index (χ0v) is 18.8. The summed E-state index contributed by atoms with van der Waals surface area (Å²) in [5, 5.41) is 11.7. The maximum atomic E-state index is 14.7. The van der Waals surface area contributed by atoms with Crippen LogP contribution in [-0.2, 0) is 9.53 Å². The average molecular weight is 476 g/mol. The van der Waals surface area contributed by atoms with E-state index in [1.807, 2.05) is 11.8 Å². The van der Waals surface area contributed by atoms with Gasteiger partial charge in [0.2, 0.25) is 0 Å². The monoisotopic (exact) mass is 476 g/mol. The molecule has 0 saturated carbocycles. The molecule has 0 aliphatic carbocycles. The maximum absolute atomic E-state index is 14.7. The highest BCUT2D eigenvalue weighted by atomic mass is 19.1. The van der Waals surface area contributed by atoms with Gasteiger partial charge in [0.25, 0.3) is 11.6 Å². The normalized spacial score (nSPS) is 18.7. The number of morpholine rings is 1. The van der Waals surface area contributed by atoms with Gasteiger partial charge < -0.3 is 24.2 Å². The molecule has 11 heteroatoms. The minimum absolute atomic E-state index is 0.000261. The summed E-state index contributed by atoms with van der Waals surface area (Å²) in [6.45, 7) is 4.35. The third-order valence-electron chi connectivity index (χ3n) is 6.07. The highest BCUT2D eigenvalue weighted by molar-refractivity contribution is 5.79. The highest BCUT2D eigenvalue weighted by Crippen LogP contribution is 2.36. The second-order valence-electron chi connectivity index (χ2n) is 8.25. The van der Waals surface area contributed by atoms with Crippen LogP contribution in [0.25, 0.3) is 0 Å². The molecule has 2 heterocycles. The number of para-hydroxylation sites is 1. The molecule has 2 aromatic carbocycles. The zero-order valence-electron chi connectivity index (χ0n) is 18.8. The fraction of sp³-hybridized carbons (Fsp3) is 0.435. The molecule has 2 fully saturated rings. The van der Waals surface area contributed by atoms with Crippen LogP contribution in [0.4, 0.5) is 25.8 Å². The van der Waals surface area contributed by atoms with Crippen molar-refractivity contribution in [1.82, 2.24) is 4.90 Å². The molecular formula is C23H26F2N4O5. The molecule has 2 aromatic rings. The molecule has 0 unspecified atom stereocenters. The van der Waals surface area contributed by atoms with Gasteiger partial charge in [0, 0.05) is 38.8 Å². The standard InChI is InChI=1S/C23H26F2N4O5/c1-16-14-27(6-7-28(16)23(30)15-34-22-5-3-2-4-17(22)24)20-13-19(26-8-10-33-11-9-26)18(25)12-21(20)29(31)32/h2-5,12-13,16H,6-11,14-15H2,1H3/t16-/m1/s1. The van der Waals surface area contributed by atoms with Gasteiger partial charge in [-0.1, -0.05) is 12.1 Å². The number of halogens is 2. The number of rotatable bonds is 6. The number of nitro benzene ring substituents is 1. The summed E-state index contributed by atoms with van der Waals surface area (Å²) in [6, 6.07) is 8.04. The molecule has 0 bridgehead atoms. The van der Waals surface area contributed by atoms with Crippen molar-refractivity contribution in [2.75, 3.05) is 62.3 Å². The van der Waals surface area contributed by atoms with Gasteiger partial charge in [-0.3, -0.25) is 14.9 Å². The molecule has 2 saturated heterocycles. The number of hydrogen-bond donors (Lipinski definition) is 0. The van der Waals surface area contributed by atoms with Gasteiger partial charge in [-0.2, -0.15) is 0 Å². The molecule has 34 heavy (non-hydrogen) atoms. The molecule has 2 aliphatic rings. The number of carbonyl (C=O) groups excluding carboxylic acids is 1. The third kappa shape index (κ3) is 5.04. The fourth-order valence-corrected chi connectivity index (χ4v) is 4.32. The Kier molecular flexibility index (Phi) is 7.11. The van der Waals surface area contributed by atoms with Crippen LogP contribution in [0.1, 0.15) is 6.92 Å². The van der Waals surface area contributed by atoms with Crippen LogP contribution in [0.3, 0.4) is 0 Å². The highest BCUT2D eigenvalue weighted by Gasteiger charge is 2.32. The molecule has 0 spiro atoms. The van der Waals surface area contributed by atoms with Gasteiger partial charge >= 0.3 is 0 Å². The van der Waals surface area contributed by atoms with E-state index in [2.05, 4.69) is 0 Å². The third-order valence-corrected chi connectivity index (χ3v) is 6.07. The summed E-state index contributed by atoms with van der Waals surface area (Å²) >= 11 is 0. The number of anilines is 2. The largest absolute Gasteiger partial charge is 0.481 e. The van der Waals surface area contributed by atoms with Crippen LogP contribution in [0.2, 0.25) is 0 Å². The average Bonchev–Trinajstić information content (AvgIpc) is 2.83. The summed E-state index contributed by atoms with van der Waals surface area (Å²) < 4.78 is 39.1. The number of hydrogen-bond acceptors (Lipinski definition) is 7. The van der Waals surface area contributed by atoms with Crippen molar-refractivity contribution >= 4 is 23.0 Å². The van der Waals surface area contributed by atoms with E-state index in [9.17, 15) is 23.7 Å². The minimum Gasteiger partial charge on any atom is -0.481 e. The lowest BCUT2D eigenvalue weighted by Gasteiger charge is -2.41. The van der Waals surface area contributed by atoms with Crippen molar-refractivity contribution in [3.05, 3.63) is 58.1 Å². The van der Waals surface area contributed by atoms with E-state index in [-0.39, 0.29) is 30.0 Å². The Balaban J connectivity index is 1.48. The van der Waals surface area contributed by atoms with Crippen LogP contribution in [-0.4, -0.2) is 74.3 Å². The Morgan fingerprint density at radius 1 is 1.09 bits per heavy atom. The van der Waals surface area contributed by atoms with Gasteiger partial charge in [0.15, 0.2) is 24.0 Å². The fourth-order valence-electron chi connectivity index (χ4n) is 4.32. The van der Waals surface area contributed by atoms with E-state index in [1.54, 1.807) is 15.9 Å². The predicted molar refractivity (Wildman–Crippen MR) is 121 cm³/mol. The summed E-state index contributed by atoms with van der Waals surface area (Å²) in [5.74, 6) is -1.50. The summed E-state index contributed by atoms with van der Waals surface area (Å²) in [5.41, 5.74) is 0.298. The number of nitrogens with zero attached hydrogens (tertiary/aromatic N) is 4. The van der Waals surface area contributed by atoms with E-state index in [1.165, 1.54) is 24.3 Å². The Morgan fingerprint density at radius 3 is 2.50 bits per heavy atom. The van der Waals surface area contributed by atoms with Gasteiger partial charge in [-0.25, -0.2) is 8.78 Å². The summed E-state index contributed by atoms with van der Waals surface area (Å²) in [7, 11) is 0. The van der Waals surface area contributed by atoms with Gasteiger partial charge in [0.1, 0.15) is 5.69 Å². The summed E-state index contributed by atoms with van der Waals surface area (Å²) in [4.78, 5) is 29.0. The van der Waals surface area contributed by atoms with Crippen molar-refractivity contribution in [1.29, 1.82) is 0 Å². The minimum atomic E-state index is -0.649. The molecule has 0 aromatic heterocycles. The van der Waals surface area contributed by atoms with Crippen molar-refractivity contribution < 1.29 is 28.0 Å². The summed E-state index contributed by atoms with van der Waals surface area (Å²) in [6.07, 6.45) is 0. The number of amides is 1. The van der Waals surface area contributed by atoms with Crippen molar-refractivity contribution in [2.45, 2.75) is 13.0 Å². The van der Waals surface area contributed by atoms with Crippen LogP contribution < -0.4 is 14.5 Å². The first-order valence-electron chi connectivity index (χ1n) is 11.1. The van der Waals surface area contributed by atoms with Crippen molar-refractivity contribution in [3.8, 4) is 5.75 Å². The number of ether oxygens (including phenoxy) is 2. The first kappa shape index (κ1) is 23.7. The van der Waals surface area contributed by atoms with E-state index in [0.717, 1.165) is 6.07 Å². The lowest BCUT2D eigenvalue weighted by molar-refractivity contribution is -0.384. The molecule has 0 N–H and O–H groups in total. The van der Waals surface area contributed by atoms with Crippen molar-refractivity contribution in [3.63, 3.8) is 0 Å². The van der Waals surface area contributed by atoms with Crippen LogP contribution >= 0.6 is 0 Å². The lowest BCUT2D eigenvalue weighted by atomic mass is 10.1. The quantitative estimate of drug-likeness (QED) is 0.468. The molecule has 182 valence electrons. The molecule has 0 radical (unpaired) electrons. The van der Waals surface area contributed by atoms with E-state index in [0.29, 0.717) is 57.3 Å². The smallest absolute Gasteiger partial charge is 0.295 e. The van der Waals surface area contributed by atoms with Crippen LogP contribution in [0.5, 0.6) is 5.75 Å². The van der Waals surface area contributed by atoms with Crippen LogP contribution in [0, 0.1) is 21.7 Å². The van der Waals surface area contributed by atoms with Gasteiger partial charge in [0.05, 0.1) is 29.9 Å². The SMILES string of the molecule is C[C@@H]1CN(c2cc(N3CCOCC3)c(F)cc2[N+](=O)[O-])CCN1C(=O)COc1ccccc1F. The molecule has 1 atom stereocenters. The second-order valence-corrected chi connectivity index (χ2v) is 8.25. The molecule has 2 aliphatic heterocycles. The number of benzene rings is 2. The Hall–Kier alpha value is -3.47. The molecule has 9 nitrogen and oxygen atoms in total. The maximum Gasteiger partial charge on any atom is 0.295 e. The number of carbonyl (C=O) groups is 1. The van der Waals surface area contributed by atoms with E-state index >= 15 is 0 Å². The topological polar surface area (TPSA) is 88.4 Å². The van der Waals surface area contributed by atoms with Crippen molar-refractivity contribution in [2.24, 2.45) is 0 Å².